The number of hydrogen-bond acceptors (Lipinski definition) is 6. The number of allylic oxidation sites excluding steroid dienone is 1. The van der Waals surface area contributed by atoms with Crippen molar-refractivity contribution in [2.45, 2.75) is 60.4 Å². The van der Waals surface area contributed by atoms with Crippen LogP contribution in [0.15, 0.2) is 35.3 Å². The Bertz CT molecular complexity index is 980. The lowest BCUT2D eigenvalue weighted by Crippen LogP contribution is -2.15. The molecule has 0 radical (unpaired) electrons. The summed E-state index contributed by atoms with van der Waals surface area (Å²) in [6, 6.07) is 10.3. The minimum absolute atomic E-state index is 0.0444. The molecule has 0 unspecified atom stereocenters. The zero-order valence-corrected chi connectivity index (χ0v) is 21.1. The van der Waals surface area contributed by atoms with E-state index in [2.05, 4.69) is 55.1 Å². The summed E-state index contributed by atoms with van der Waals surface area (Å²) in [5.41, 5.74) is 4.62. The molecule has 2 aromatic rings. The van der Waals surface area contributed by atoms with Crippen LogP contribution in [-0.2, 0) is 26.2 Å². The number of carbonyl (C=O) groups excluding carboxylic acids is 1. The molecule has 0 amide bonds. The van der Waals surface area contributed by atoms with Crippen LogP contribution in [0.1, 0.15) is 64.1 Å². The van der Waals surface area contributed by atoms with Gasteiger partial charge in [0.25, 0.3) is 0 Å². The molecule has 7 nitrogen and oxygen atoms in total. The zero-order valence-electron chi connectivity index (χ0n) is 21.1. The quantitative estimate of drug-likeness (QED) is 0.205. The lowest BCUT2D eigenvalue weighted by molar-refractivity contribution is -0.00945. The molecule has 7 heteroatoms. The molecule has 1 aromatic heterocycles. The largest absolute Gasteiger partial charge is 0.511 e. The number of aliphatic imine (C=N–C) groups is 1. The Hall–Kier alpha value is -3.09. The Balaban J connectivity index is 2.46. The first kappa shape index (κ1) is 26.2. The molecule has 0 saturated carbocycles. The molecule has 0 saturated heterocycles. The molecular formula is C26H37N3O4. The van der Waals surface area contributed by atoms with Crippen molar-refractivity contribution in [3.63, 3.8) is 0 Å². The highest BCUT2D eigenvalue weighted by Gasteiger charge is 2.20. The van der Waals surface area contributed by atoms with E-state index in [9.17, 15) is 4.79 Å². The average Bonchev–Trinajstić information content (AvgIpc) is 3.14. The Morgan fingerprint density at radius 2 is 1.82 bits per heavy atom. The fourth-order valence-electron chi connectivity index (χ4n) is 3.22. The van der Waals surface area contributed by atoms with Crippen LogP contribution in [0.25, 0.3) is 11.3 Å². The van der Waals surface area contributed by atoms with Gasteiger partial charge < -0.3 is 14.2 Å². The number of carbonyl (C=O) groups is 1. The van der Waals surface area contributed by atoms with Crippen LogP contribution >= 0.6 is 0 Å². The van der Waals surface area contributed by atoms with Gasteiger partial charge in [0.2, 0.25) is 6.79 Å². The van der Waals surface area contributed by atoms with Gasteiger partial charge in [-0.3, -0.25) is 9.67 Å². The van der Waals surface area contributed by atoms with Gasteiger partial charge in [-0.15, -0.1) is 0 Å². The molecule has 1 aromatic carbocycles. The molecule has 2 rings (SSSR count). The zero-order chi connectivity index (χ0) is 24.6. The van der Waals surface area contributed by atoms with E-state index in [-0.39, 0.29) is 24.7 Å². The summed E-state index contributed by atoms with van der Waals surface area (Å²) in [5, 5.41) is 4.55. The van der Waals surface area contributed by atoms with Crippen molar-refractivity contribution in [2.24, 2.45) is 10.9 Å². The topological polar surface area (TPSA) is 74.9 Å². The molecule has 0 N–H and O–H groups in total. The molecule has 0 atom stereocenters. The lowest BCUT2D eigenvalue weighted by Gasteiger charge is -2.20. The first-order valence-corrected chi connectivity index (χ1v) is 11.3. The number of hydrogen-bond donors (Lipinski definition) is 0. The van der Waals surface area contributed by atoms with E-state index in [1.54, 1.807) is 13.3 Å². The summed E-state index contributed by atoms with van der Waals surface area (Å²) in [6.45, 7) is 15.1. The summed E-state index contributed by atoms with van der Waals surface area (Å²) in [6.07, 6.45) is 0.990. The molecule has 0 spiro atoms. The maximum Gasteiger partial charge on any atom is 0.511 e. The highest BCUT2D eigenvalue weighted by molar-refractivity contribution is 6.18. The molecule has 1 heterocycles. The van der Waals surface area contributed by atoms with Crippen molar-refractivity contribution in [1.29, 1.82) is 0 Å². The maximum absolute atomic E-state index is 11.9. The second-order valence-electron chi connectivity index (χ2n) is 9.31. The number of ether oxygens (including phenoxy) is 3. The molecule has 0 bridgehead atoms. The highest BCUT2D eigenvalue weighted by Crippen LogP contribution is 2.29. The standard InChI is InChI=1S/C26H37N3O4/c1-9-29-23(14-19(4)28-29)24(32-17-33-25(30)31-16-18(2)3)22(15-27-8)20-10-12-21(13-11-20)26(5,6)7/h10-15,18H,9,16-17H2,1-8H3/b24-22-,27-15-. The van der Waals surface area contributed by atoms with Crippen molar-refractivity contribution < 1.29 is 19.0 Å². The fourth-order valence-corrected chi connectivity index (χ4v) is 3.22. The number of benzene rings is 1. The van der Waals surface area contributed by atoms with Gasteiger partial charge in [-0.25, -0.2) is 4.79 Å². The molecule has 0 fully saturated rings. The van der Waals surface area contributed by atoms with Gasteiger partial charge in [0, 0.05) is 25.4 Å². The summed E-state index contributed by atoms with van der Waals surface area (Å²) >= 11 is 0. The van der Waals surface area contributed by atoms with Crippen LogP contribution in [0.2, 0.25) is 0 Å². The second kappa shape index (κ2) is 11.7. The number of nitrogens with zero attached hydrogens (tertiary/aromatic N) is 3. The van der Waals surface area contributed by atoms with Gasteiger partial charge in [0.1, 0.15) is 5.69 Å². The molecule has 180 valence electrons. The Kier molecular flexibility index (Phi) is 9.26. The predicted octanol–water partition coefficient (Wildman–Crippen LogP) is 5.86. The van der Waals surface area contributed by atoms with Gasteiger partial charge in [0.15, 0.2) is 5.76 Å². The molecular weight excluding hydrogens is 418 g/mol. The lowest BCUT2D eigenvalue weighted by atomic mass is 9.86. The van der Waals surface area contributed by atoms with Gasteiger partial charge in [0.05, 0.1) is 12.3 Å². The second-order valence-corrected chi connectivity index (χ2v) is 9.31. The van der Waals surface area contributed by atoms with Crippen LogP contribution in [0.4, 0.5) is 4.79 Å². The van der Waals surface area contributed by atoms with Crippen LogP contribution in [-0.4, -0.2) is 42.6 Å². The number of aryl methyl sites for hydroxylation is 2. The maximum atomic E-state index is 11.9. The van der Waals surface area contributed by atoms with E-state index in [0.29, 0.717) is 12.3 Å². The van der Waals surface area contributed by atoms with E-state index in [1.165, 1.54) is 5.56 Å². The first-order chi connectivity index (χ1) is 15.6. The van der Waals surface area contributed by atoms with Gasteiger partial charge in [-0.1, -0.05) is 58.9 Å². The minimum atomic E-state index is -0.761. The van der Waals surface area contributed by atoms with Gasteiger partial charge >= 0.3 is 6.16 Å². The van der Waals surface area contributed by atoms with Crippen molar-refractivity contribution in [3.8, 4) is 0 Å². The van der Waals surface area contributed by atoms with Gasteiger partial charge in [-0.05, 0) is 42.4 Å². The SMILES string of the molecule is CCn1nc(C)cc1/C(OCOC(=O)OCC(C)C)=C(\C=N/C)c1ccc(C(C)(C)C)cc1. The van der Waals surface area contributed by atoms with E-state index < -0.39 is 6.16 Å². The summed E-state index contributed by atoms with van der Waals surface area (Å²) in [4.78, 5) is 16.2. The van der Waals surface area contributed by atoms with E-state index in [0.717, 1.165) is 22.5 Å². The third-order valence-electron chi connectivity index (χ3n) is 4.91. The third kappa shape index (κ3) is 7.48. The van der Waals surface area contributed by atoms with Crippen LogP contribution in [0.5, 0.6) is 0 Å². The predicted molar refractivity (Wildman–Crippen MR) is 132 cm³/mol. The van der Waals surface area contributed by atoms with E-state index in [1.807, 2.05) is 38.4 Å². The highest BCUT2D eigenvalue weighted by atomic mass is 16.8. The smallest absolute Gasteiger partial charge is 0.454 e. The summed E-state index contributed by atoms with van der Waals surface area (Å²) < 4.78 is 18.1. The number of rotatable bonds is 9. The van der Waals surface area contributed by atoms with Crippen molar-refractivity contribution in [2.75, 3.05) is 20.4 Å². The van der Waals surface area contributed by atoms with Crippen molar-refractivity contribution in [1.82, 2.24) is 9.78 Å². The average molecular weight is 456 g/mol. The Labute approximate surface area is 197 Å². The van der Waals surface area contributed by atoms with E-state index in [4.69, 9.17) is 14.2 Å². The minimum Gasteiger partial charge on any atom is -0.454 e. The monoisotopic (exact) mass is 455 g/mol. The van der Waals surface area contributed by atoms with Crippen molar-refractivity contribution in [3.05, 3.63) is 52.8 Å². The number of aromatic nitrogens is 2. The normalized spacial score (nSPS) is 12.8. The molecule has 0 aliphatic carbocycles. The molecule has 0 aliphatic rings. The fraction of sp³-hybridized carbons (Fsp3) is 0.500. The molecule has 33 heavy (non-hydrogen) atoms. The van der Waals surface area contributed by atoms with Crippen LogP contribution in [0, 0.1) is 12.8 Å². The van der Waals surface area contributed by atoms with Crippen molar-refractivity contribution >= 4 is 23.7 Å². The summed E-state index contributed by atoms with van der Waals surface area (Å²) in [5.74, 6) is 0.752. The Morgan fingerprint density at radius 1 is 1.15 bits per heavy atom. The molecule has 0 aliphatic heterocycles. The Morgan fingerprint density at radius 3 is 2.36 bits per heavy atom. The van der Waals surface area contributed by atoms with E-state index >= 15 is 0 Å². The van der Waals surface area contributed by atoms with Gasteiger partial charge in [-0.2, -0.15) is 5.10 Å². The van der Waals surface area contributed by atoms with Crippen LogP contribution in [0.3, 0.4) is 0 Å². The summed E-state index contributed by atoms with van der Waals surface area (Å²) in [7, 11) is 1.71. The third-order valence-corrected chi connectivity index (χ3v) is 4.91. The van der Waals surface area contributed by atoms with Crippen LogP contribution < -0.4 is 0 Å². The first-order valence-electron chi connectivity index (χ1n) is 11.3.